The van der Waals surface area contributed by atoms with Crippen molar-refractivity contribution in [2.24, 2.45) is 16.8 Å². The highest BCUT2D eigenvalue weighted by atomic mass is 32.2. The molecular formula is C33H45F4N5O4S. The van der Waals surface area contributed by atoms with Gasteiger partial charge in [-0.05, 0) is 99.6 Å². The van der Waals surface area contributed by atoms with Crippen molar-refractivity contribution in [3.8, 4) is 0 Å². The molecule has 1 aliphatic carbocycles. The molecule has 3 fully saturated rings. The first-order valence-corrected chi connectivity index (χ1v) is 18.0. The quantitative estimate of drug-likeness (QED) is 0.376. The zero-order chi connectivity index (χ0) is 34.0. The van der Waals surface area contributed by atoms with E-state index >= 15 is 0 Å². The van der Waals surface area contributed by atoms with Gasteiger partial charge in [0.2, 0.25) is 10.0 Å². The zero-order valence-electron chi connectivity index (χ0n) is 27.1. The van der Waals surface area contributed by atoms with Gasteiger partial charge in [0.05, 0.1) is 0 Å². The molecule has 14 heteroatoms. The number of amidine groups is 1. The Kier molecular flexibility index (Phi) is 10.8. The number of carbonyl (C=O) groups excluding carboxylic acids is 2. The minimum atomic E-state index is -4.15. The Morgan fingerprint density at radius 3 is 2.21 bits per heavy atom. The monoisotopic (exact) mass is 683 g/mol. The van der Waals surface area contributed by atoms with Crippen LogP contribution in [0.15, 0.2) is 22.5 Å². The van der Waals surface area contributed by atoms with E-state index in [-0.39, 0.29) is 56.0 Å². The number of halogens is 4. The van der Waals surface area contributed by atoms with Gasteiger partial charge in [0, 0.05) is 69.1 Å². The number of piperazine rings is 1. The molecule has 4 aliphatic rings. The molecule has 1 spiro atoms. The van der Waals surface area contributed by atoms with Gasteiger partial charge in [0.25, 0.3) is 11.8 Å². The third-order valence-corrected chi connectivity index (χ3v) is 11.9. The van der Waals surface area contributed by atoms with E-state index in [2.05, 4.69) is 5.32 Å². The van der Waals surface area contributed by atoms with E-state index in [0.29, 0.717) is 75.4 Å². The number of nitrogens with one attached hydrogen (secondary N) is 1. The zero-order valence-corrected chi connectivity index (χ0v) is 27.9. The van der Waals surface area contributed by atoms with Crippen molar-refractivity contribution >= 4 is 33.7 Å². The highest BCUT2D eigenvalue weighted by Gasteiger charge is 2.48. The third-order valence-electron chi connectivity index (χ3n) is 10.3. The summed E-state index contributed by atoms with van der Waals surface area (Å²) >= 11 is 0. The topological polar surface area (TPSA) is 102 Å². The van der Waals surface area contributed by atoms with E-state index in [1.54, 1.807) is 23.1 Å². The molecule has 3 heterocycles. The largest absolute Gasteiger partial charge is 0.389 e. The molecule has 9 nitrogen and oxygen atoms in total. The van der Waals surface area contributed by atoms with Crippen LogP contribution in [0.1, 0.15) is 78.4 Å². The fourth-order valence-electron chi connectivity index (χ4n) is 7.35. The number of alkyl halides is 4. The van der Waals surface area contributed by atoms with E-state index < -0.39 is 34.8 Å². The lowest BCUT2D eigenvalue weighted by atomic mass is 9.79. The molecule has 1 aromatic carbocycles. The van der Waals surface area contributed by atoms with Crippen molar-refractivity contribution in [3.05, 3.63) is 39.8 Å². The molecule has 3 aliphatic heterocycles. The first-order valence-electron chi connectivity index (χ1n) is 16.5. The molecule has 260 valence electrons. The van der Waals surface area contributed by atoms with Crippen LogP contribution >= 0.6 is 0 Å². The van der Waals surface area contributed by atoms with Crippen LogP contribution < -0.4 is 5.32 Å². The molecule has 2 amide bonds. The van der Waals surface area contributed by atoms with E-state index in [0.717, 1.165) is 11.1 Å². The van der Waals surface area contributed by atoms with E-state index in [9.17, 15) is 35.6 Å². The number of sulfonamides is 1. The predicted molar refractivity (Wildman–Crippen MR) is 172 cm³/mol. The SMILES string of the molecule is Cc1cc(C(=O)N2CCN(CCF)CC2)cc(C)c1C=CS(=O)(=O)N1CCC2(CC1)N=C(C1CCC(CCC(F)(F)F)CC1)NC2=O. The van der Waals surface area contributed by atoms with Crippen LogP contribution in [0.25, 0.3) is 6.08 Å². The summed E-state index contributed by atoms with van der Waals surface area (Å²) in [5, 5.41) is 4.09. The Balaban J connectivity index is 1.17. The number of benzene rings is 1. The average Bonchev–Trinajstić information content (AvgIpc) is 3.34. The van der Waals surface area contributed by atoms with Crippen molar-refractivity contribution in [2.75, 3.05) is 52.5 Å². The second-order valence-corrected chi connectivity index (χ2v) is 15.3. The van der Waals surface area contributed by atoms with Gasteiger partial charge in [-0.1, -0.05) is 0 Å². The Morgan fingerprint density at radius 2 is 1.64 bits per heavy atom. The molecule has 0 atom stereocenters. The number of hydrogen-bond acceptors (Lipinski definition) is 6. The Hall–Kier alpha value is -2.84. The number of aryl methyl sites for hydroxylation is 2. The molecule has 0 aromatic heterocycles. The van der Waals surface area contributed by atoms with Crippen LogP contribution in [0.3, 0.4) is 0 Å². The number of nitrogens with zero attached hydrogens (tertiary/aromatic N) is 4. The lowest BCUT2D eigenvalue weighted by Crippen LogP contribution is -2.50. The molecule has 47 heavy (non-hydrogen) atoms. The fourth-order valence-corrected chi connectivity index (χ4v) is 8.53. The Morgan fingerprint density at radius 1 is 1.02 bits per heavy atom. The van der Waals surface area contributed by atoms with Crippen molar-refractivity contribution < 1.29 is 35.6 Å². The van der Waals surface area contributed by atoms with Gasteiger partial charge in [0.1, 0.15) is 18.0 Å². The Labute approximate surface area is 274 Å². The molecule has 1 aromatic rings. The summed E-state index contributed by atoms with van der Waals surface area (Å²) in [4.78, 5) is 34.8. The van der Waals surface area contributed by atoms with Gasteiger partial charge in [-0.25, -0.2) is 12.8 Å². The summed E-state index contributed by atoms with van der Waals surface area (Å²) in [5.74, 6) is 0.275. The standard InChI is InChI=1S/C33H45F4N5O4S/c1-23-21-27(30(43)41-18-16-40(15-12-34)17-19-41)22-24(2)28(23)8-20-47(45,46)42-13-10-32(11-14-42)31(44)38-29(39-32)26-5-3-25(4-6-26)7-9-33(35,36)37/h8,20-22,25-26H,3-7,9-19H2,1-2H3,(H,38,39,44). The number of amides is 2. The minimum Gasteiger partial charge on any atom is -0.336 e. The summed E-state index contributed by atoms with van der Waals surface area (Å²) in [6.07, 6.45) is -0.0647. The van der Waals surface area contributed by atoms with Gasteiger partial charge >= 0.3 is 6.18 Å². The highest BCUT2D eigenvalue weighted by molar-refractivity contribution is 7.92. The molecule has 0 radical (unpaired) electrons. The fraction of sp³-hybridized carbons (Fsp3) is 0.667. The third kappa shape index (κ3) is 8.43. The summed E-state index contributed by atoms with van der Waals surface area (Å²) in [6, 6.07) is 3.53. The Bertz CT molecular complexity index is 1470. The van der Waals surface area contributed by atoms with Crippen LogP contribution in [0, 0.1) is 25.7 Å². The predicted octanol–water partition coefficient (Wildman–Crippen LogP) is 4.84. The number of aliphatic imine (C=N–C) groups is 1. The van der Waals surface area contributed by atoms with Crippen molar-refractivity contribution in [1.29, 1.82) is 0 Å². The van der Waals surface area contributed by atoms with Crippen LogP contribution in [0.5, 0.6) is 0 Å². The summed E-state index contributed by atoms with van der Waals surface area (Å²) in [5.41, 5.74) is 1.77. The molecule has 1 N–H and O–H groups in total. The number of carbonyl (C=O) groups is 2. The lowest BCUT2D eigenvalue weighted by molar-refractivity contribution is -0.138. The second-order valence-electron chi connectivity index (χ2n) is 13.4. The first kappa shape index (κ1) is 35.5. The number of rotatable bonds is 9. The van der Waals surface area contributed by atoms with Crippen molar-refractivity contribution in [3.63, 3.8) is 0 Å². The summed E-state index contributed by atoms with van der Waals surface area (Å²) in [6.45, 7) is 6.19. The van der Waals surface area contributed by atoms with Crippen LogP contribution in [-0.2, 0) is 14.8 Å². The van der Waals surface area contributed by atoms with Gasteiger partial charge in [-0.2, -0.15) is 17.5 Å². The highest BCUT2D eigenvalue weighted by Crippen LogP contribution is 2.38. The van der Waals surface area contributed by atoms with Gasteiger partial charge in [-0.3, -0.25) is 19.5 Å². The maximum absolute atomic E-state index is 13.3. The minimum absolute atomic E-state index is 0.00376. The lowest BCUT2D eigenvalue weighted by Gasteiger charge is -2.34. The van der Waals surface area contributed by atoms with Crippen LogP contribution in [0.4, 0.5) is 17.6 Å². The maximum Gasteiger partial charge on any atom is 0.389 e. The number of piperidine rings is 1. The molecule has 0 unspecified atom stereocenters. The van der Waals surface area contributed by atoms with Gasteiger partial charge < -0.3 is 10.2 Å². The number of hydrogen-bond donors (Lipinski definition) is 1. The smallest absolute Gasteiger partial charge is 0.336 e. The average molecular weight is 684 g/mol. The summed E-state index contributed by atoms with van der Waals surface area (Å²) < 4.78 is 78.5. The molecular weight excluding hydrogens is 638 g/mol. The van der Waals surface area contributed by atoms with Gasteiger partial charge in [0.15, 0.2) is 0 Å². The molecule has 2 saturated heterocycles. The van der Waals surface area contributed by atoms with E-state index in [1.807, 2.05) is 18.7 Å². The second kappa shape index (κ2) is 14.3. The van der Waals surface area contributed by atoms with Crippen molar-refractivity contribution in [1.82, 2.24) is 19.4 Å². The van der Waals surface area contributed by atoms with Crippen molar-refractivity contribution in [2.45, 2.75) is 76.9 Å². The molecule has 1 saturated carbocycles. The van der Waals surface area contributed by atoms with Gasteiger partial charge in [-0.15, -0.1) is 0 Å². The van der Waals surface area contributed by atoms with E-state index in [4.69, 9.17) is 4.99 Å². The molecule has 0 bridgehead atoms. The van der Waals surface area contributed by atoms with E-state index in [1.165, 1.54) is 9.71 Å². The maximum atomic E-state index is 13.3. The molecule has 5 rings (SSSR count). The van der Waals surface area contributed by atoms with Crippen LogP contribution in [0.2, 0.25) is 0 Å². The summed E-state index contributed by atoms with van der Waals surface area (Å²) in [7, 11) is -3.80. The van der Waals surface area contributed by atoms with Crippen LogP contribution in [-0.4, -0.2) is 104 Å². The first-order chi connectivity index (χ1) is 22.2. The normalized spacial score (nSPS) is 24.6.